The van der Waals surface area contributed by atoms with E-state index in [1.807, 2.05) is 78.9 Å². The van der Waals surface area contributed by atoms with E-state index in [1.165, 1.54) is 23.5 Å². The third kappa shape index (κ3) is 6.39. The maximum atomic E-state index is 13.2. The van der Waals surface area contributed by atoms with Gasteiger partial charge in [0.05, 0.1) is 5.56 Å². The summed E-state index contributed by atoms with van der Waals surface area (Å²) in [7, 11) is 0. The van der Waals surface area contributed by atoms with Crippen LogP contribution in [-0.2, 0) is 13.2 Å². The molecular formula is C30H23FN2O3S. The Morgan fingerprint density at radius 3 is 2.43 bits per heavy atom. The van der Waals surface area contributed by atoms with Crippen LogP contribution in [0.2, 0.25) is 0 Å². The summed E-state index contributed by atoms with van der Waals surface area (Å²) in [4.78, 5) is 17.3. The summed E-state index contributed by atoms with van der Waals surface area (Å²) in [6.07, 6.45) is 0. The van der Waals surface area contributed by atoms with Crippen molar-refractivity contribution < 1.29 is 18.7 Å². The predicted molar refractivity (Wildman–Crippen MR) is 142 cm³/mol. The normalized spacial score (nSPS) is 10.6. The zero-order chi connectivity index (χ0) is 25.5. The molecule has 0 spiro atoms. The molecule has 1 amide bonds. The molecule has 1 aromatic heterocycles. The van der Waals surface area contributed by atoms with Crippen LogP contribution in [0.3, 0.4) is 0 Å². The van der Waals surface area contributed by atoms with Gasteiger partial charge in [0.15, 0.2) is 0 Å². The topological polar surface area (TPSA) is 60.5 Å². The molecule has 4 aromatic carbocycles. The number of carbonyl (C=O) groups is 1. The van der Waals surface area contributed by atoms with Crippen LogP contribution in [0.4, 0.5) is 4.39 Å². The van der Waals surface area contributed by atoms with Crippen molar-refractivity contribution in [3.05, 3.63) is 131 Å². The van der Waals surface area contributed by atoms with Crippen LogP contribution in [0, 0.1) is 5.82 Å². The fourth-order valence-electron chi connectivity index (χ4n) is 3.63. The summed E-state index contributed by atoms with van der Waals surface area (Å²) in [5.74, 6) is 1.54. The average Bonchev–Trinajstić information content (AvgIpc) is 3.43. The zero-order valence-corrected chi connectivity index (χ0v) is 20.6. The van der Waals surface area contributed by atoms with E-state index in [9.17, 15) is 9.18 Å². The second kappa shape index (κ2) is 11.5. The fraction of sp³-hybridized carbons (Fsp3) is 0.0667. The largest absolute Gasteiger partial charge is 0.488 e. The van der Waals surface area contributed by atoms with Gasteiger partial charge in [-0.2, -0.15) is 0 Å². The third-order valence-electron chi connectivity index (χ3n) is 5.49. The van der Waals surface area contributed by atoms with E-state index in [2.05, 4.69) is 10.3 Å². The Hall–Kier alpha value is -4.49. The summed E-state index contributed by atoms with van der Waals surface area (Å²) in [5.41, 5.74) is 2.90. The molecule has 0 saturated carbocycles. The summed E-state index contributed by atoms with van der Waals surface area (Å²) >= 11 is 1.37. The standard InChI is InChI=1S/C30H23FN2O3S/c31-23-15-13-21(14-16-23)19-35-28-12-5-4-11-26(28)30-33-27(20-37-30)29(34)32-18-22-7-6-10-25(17-22)36-24-8-2-1-3-9-24/h1-17,20H,18-19H2,(H,32,34). The van der Waals surface area contributed by atoms with Gasteiger partial charge in [-0.05, 0) is 59.7 Å². The van der Waals surface area contributed by atoms with Gasteiger partial charge >= 0.3 is 0 Å². The Labute approximate surface area is 218 Å². The number of amides is 1. The lowest BCUT2D eigenvalue weighted by molar-refractivity contribution is 0.0946. The van der Waals surface area contributed by atoms with E-state index < -0.39 is 0 Å². The minimum absolute atomic E-state index is 0.262. The highest BCUT2D eigenvalue weighted by Crippen LogP contribution is 2.32. The van der Waals surface area contributed by atoms with E-state index in [4.69, 9.17) is 9.47 Å². The number of ether oxygens (including phenoxy) is 2. The van der Waals surface area contributed by atoms with Crippen LogP contribution in [0.15, 0.2) is 109 Å². The fourth-order valence-corrected chi connectivity index (χ4v) is 4.46. The van der Waals surface area contributed by atoms with Gasteiger partial charge in [-0.25, -0.2) is 9.37 Å². The summed E-state index contributed by atoms with van der Waals surface area (Å²) < 4.78 is 25.0. The monoisotopic (exact) mass is 510 g/mol. The highest BCUT2D eigenvalue weighted by molar-refractivity contribution is 7.13. The van der Waals surface area contributed by atoms with Gasteiger partial charge in [0.25, 0.3) is 5.91 Å². The van der Waals surface area contributed by atoms with Gasteiger partial charge in [-0.1, -0.05) is 54.6 Å². The van der Waals surface area contributed by atoms with Crippen LogP contribution < -0.4 is 14.8 Å². The lowest BCUT2D eigenvalue weighted by Gasteiger charge is -2.10. The molecule has 0 fully saturated rings. The maximum Gasteiger partial charge on any atom is 0.271 e. The van der Waals surface area contributed by atoms with Crippen molar-refractivity contribution in [3.8, 4) is 27.8 Å². The first kappa shape index (κ1) is 24.2. The van der Waals surface area contributed by atoms with Crippen molar-refractivity contribution >= 4 is 17.2 Å². The number of aromatic nitrogens is 1. The highest BCUT2D eigenvalue weighted by atomic mass is 32.1. The molecule has 0 aliphatic heterocycles. The highest BCUT2D eigenvalue weighted by Gasteiger charge is 2.15. The number of rotatable bonds is 9. The Balaban J connectivity index is 1.22. The second-order valence-corrected chi connectivity index (χ2v) is 9.05. The Morgan fingerprint density at radius 2 is 1.59 bits per heavy atom. The van der Waals surface area contributed by atoms with Crippen LogP contribution in [-0.4, -0.2) is 10.9 Å². The van der Waals surface area contributed by atoms with Crippen molar-refractivity contribution in [2.24, 2.45) is 0 Å². The predicted octanol–water partition coefficient (Wildman–Crippen LogP) is 7.25. The van der Waals surface area contributed by atoms with E-state index in [0.29, 0.717) is 35.4 Å². The maximum absolute atomic E-state index is 13.2. The van der Waals surface area contributed by atoms with Gasteiger partial charge in [-0.3, -0.25) is 4.79 Å². The van der Waals surface area contributed by atoms with E-state index >= 15 is 0 Å². The average molecular weight is 511 g/mol. The summed E-state index contributed by atoms with van der Waals surface area (Å²) in [5, 5.41) is 5.34. The molecule has 1 N–H and O–H groups in total. The zero-order valence-electron chi connectivity index (χ0n) is 19.8. The van der Waals surface area contributed by atoms with Crippen LogP contribution >= 0.6 is 11.3 Å². The van der Waals surface area contributed by atoms with Gasteiger partial charge in [0.2, 0.25) is 0 Å². The quantitative estimate of drug-likeness (QED) is 0.227. The van der Waals surface area contributed by atoms with Crippen molar-refractivity contribution in [3.63, 3.8) is 0 Å². The van der Waals surface area contributed by atoms with Gasteiger partial charge in [0.1, 0.15) is 40.4 Å². The molecule has 0 aliphatic rings. The SMILES string of the molecule is O=C(NCc1cccc(Oc2ccccc2)c1)c1csc(-c2ccccc2OCc2ccc(F)cc2)n1. The first-order valence-corrected chi connectivity index (χ1v) is 12.5. The van der Waals surface area contributed by atoms with E-state index in [1.54, 1.807) is 17.5 Å². The molecule has 5 rings (SSSR count). The second-order valence-electron chi connectivity index (χ2n) is 8.19. The van der Waals surface area contributed by atoms with Crippen molar-refractivity contribution in [1.82, 2.24) is 10.3 Å². The molecule has 5 aromatic rings. The minimum atomic E-state index is -0.286. The lowest BCUT2D eigenvalue weighted by Crippen LogP contribution is -2.23. The number of hydrogen-bond acceptors (Lipinski definition) is 5. The first-order valence-electron chi connectivity index (χ1n) is 11.7. The van der Waals surface area contributed by atoms with Crippen molar-refractivity contribution in [1.29, 1.82) is 0 Å². The van der Waals surface area contributed by atoms with E-state index in [0.717, 1.165) is 22.4 Å². The molecule has 37 heavy (non-hydrogen) atoms. The third-order valence-corrected chi connectivity index (χ3v) is 6.37. The molecule has 184 valence electrons. The number of thiazole rings is 1. The van der Waals surface area contributed by atoms with Gasteiger partial charge in [-0.15, -0.1) is 11.3 Å². The molecular weight excluding hydrogens is 487 g/mol. The number of para-hydroxylation sites is 2. The number of halogens is 1. The molecule has 0 unspecified atom stereocenters. The smallest absolute Gasteiger partial charge is 0.271 e. The molecule has 7 heteroatoms. The van der Waals surface area contributed by atoms with Crippen LogP contribution in [0.1, 0.15) is 21.6 Å². The molecule has 0 saturated heterocycles. The molecule has 1 heterocycles. The minimum Gasteiger partial charge on any atom is -0.488 e. The Bertz CT molecular complexity index is 1490. The van der Waals surface area contributed by atoms with Crippen molar-refractivity contribution in [2.45, 2.75) is 13.2 Å². The number of nitrogens with zero attached hydrogens (tertiary/aromatic N) is 1. The molecule has 0 atom stereocenters. The number of benzene rings is 4. The molecule has 0 radical (unpaired) electrons. The van der Waals surface area contributed by atoms with Crippen molar-refractivity contribution in [2.75, 3.05) is 0 Å². The molecule has 0 aliphatic carbocycles. The number of nitrogens with one attached hydrogen (secondary N) is 1. The summed E-state index contributed by atoms with van der Waals surface area (Å²) in [6.45, 7) is 0.637. The van der Waals surface area contributed by atoms with Gasteiger partial charge in [0, 0.05) is 11.9 Å². The Morgan fingerprint density at radius 1 is 0.838 bits per heavy atom. The van der Waals surface area contributed by atoms with Gasteiger partial charge < -0.3 is 14.8 Å². The number of hydrogen-bond donors (Lipinski definition) is 1. The first-order chi connectivity index (χ1) is 18.1. The molecule has 5 nitrogen and oxygen atoms in total. The van der Waals surface area contributed by atoms with Crippen LogP contribution in [0.25, 0.3) is 10.6 Å². The van der Waals surface area contributed by atoms with E-state index in [-0.39, 0.29) is 11.7 Å². The number of carbonyl (C=O) groups excluding carboxylic acids is 1. The molecule has 0 bridgehead atoms. The summed E-state index contributed by atoms with van der Waals surface area (Å²) in [6, 6.07) is 30.8. The Kier molecular flexibility index (Phi) is 7.52. The van der Waals surface area contributed by atoms with Crippen LogP contribution in [0.5, 0.6) is 17.2 Å². The lowest BCUT2D eigenvalue weighted by atomic mass is 10.2.